The van der Waals surface area contributed by atoms with E-state index in [-0.39, 0.29) is 5.82 Å². The van der Waals surface area contributed by atoms with Gasteiger partial charge in [0.05, 0.1) is 4.47 Å². The van der Waals surface area contributed by atoms with Gasteiger partial charge in [0.2, 0.25) is 0 Å². The molecule has 0 radical (unpaired) electrons. The van der Waals surface area contributed by atoms with E-state index in [2.05, 4.69) is 15.9 Å². The Labute approximate surface area is 114 Å². The fourth-order valence-corrected chi connectivity index (χ4v) is 2.18. The molecule has 2 nitrogen and oxygen atoms in total. The van der Waals surface area contributed by atoms with Gasteiger partial charge in [-0.3, -0.25) is 0 Å². The normalized spacial score (nSPS) is 12.7. The molecule has 1 aromatic carbocycles. The predicted octanol–water partition coefficient (Wildman–Crippen LogP) is 4.02. The molecule has 18 heavy (non-hydrogen) atoms. The summed E-state index contributed by atoms with van der Waals surface area (Å²) in [6.45, 7) is 1.99. The van der Waals surface area contributed by atoms with E-state index in [0.29, 0.717) is 16.7 Å². The zero-order valence-electron chi connectivity index (χ0n) is 9.99. The second kappa shape index (κ2) is 5.67. The molecule has 96 valence electrons. The summed E-state index contributed by atoms with van der Waals surface area (Å²) in [7, 11) is 0. The summed E-state index contributed by atoms with van der Waals surface area (Å²) in [4.78, 5) is 0. The summed E-state index contributed by atoms with van der Waals surface area (Å²) in [5.74, 6) is 1.09. The summed E-state index contributed by atoms with van der Waals surface area (Å²) in [6, 6.07) is 8.35. The standard InChI is InChI=1S/C14H14BrFO2/c1-2-10-4-6-14(18-10)13(17)8-9-3-5-12(16)11(15)7-9/h3-7,13,17H,2,8H2,1H3. The highest BCUT2D eigenvalue weighted by atomic mass is 79.9. The van der Waals surface area contributed by atoms with Gasteiger partial charge in [0, 0.05) is 12.8 Å². The summed E-state index contributed by atoms with van der Waals surface area (Å²) in [5.41, 5.74) is 0.852. The fourth-order valence-electron chi connectivity index (χ4n) is 1.75. The van der Waals surface area contributed by atoms with E-state index >= 15 is 0 Å². The first kappa shape index (κ1) is 13.3. The van der Waals surface area contributed by atoms with Gasteiger partial charge in [0.25, 0.3) is 0 Å². The largest absolute Gasteiger partial charge is 0.463 e. The van der Waals surface area contributed by atoms with Gasteiger partial charge in [-0.2, -0.15) is 0 Å². The maximum absolute atomic E-state index is 13.1. The molecule has 1 atom stereocenters. The molecule has 0 spiro atoms. The molecule has 0 bridgehead atoms. The van der Waals surface area contributed by atoms with Gasteiger partial charge < -0.3 is 9.52 Å². The first-order chi connectivity index (χ1) is 8.60. The number of furan rings is 1. The number of aliphatic hydroxyl groups excluding tert-OH is 1. The van der Waals surface area contributed by atoms with Crippen LogP contribution in [0.15, 0.2) is 39.2 Å². The Morgan fingerprint density at radius 3 is 2.72 bits per heavy atom. The predicted molar refractivity (Wildman–Crippen MR) is 70.8 cm³/mol. The number of rotatable bonds is 4. The van der Waals surface area contributed by atoms with Crippen LogP contribution in [0.1, 0.15) is 30.1 Å². The smallest absolute Gasteiger partial charge is 0.137 e. The van der Waals surface area contributed by atoms with Gasteiger partial charge in [-0.1, -0.05) is 13.0 Å². The zero-order chi connectivity index (χ0) is 13.1. The lowest BCUT2D eigenvalue weighted by molar-refractivity contribution is 0.148. The minimum absolute atomic E-state index is 0.306. The van der Waals surface area contributed by atoms with Crippen LogP contribution in [0.5, 0.6) is 0 Å². The van der Waals surface area contributed by atoms with E-state index in [0.717, 1.165) is 17.7 Å². The second-order valence-electron chi connectivity index (χ2n) is 4.13. The quantitative estimate of drug-likeness (QED) is 0.925. The number of hydrogen-bond acceptors (Lipinski definition) is 2. The summed E-state index contributed by atoms with van der Waals surface area (Å²) in [6.07, 6.45) is 0.493. The highest BCUT2D eigenvalue weighted by Crippen LogP contribution is 2.23. The van der Waals surface area contributed by atoms with Crippen molar-refractivity contribution >= 4 is 15.9 Å². The third kappa shape index (κ3) is 3.00. The van der Waals surface area contributed by atoms with Crippen LogP contribution < -0.4 is 0 Å². The Balaban J connectivity index is 2.10. The lowest BCUT2D eigenvalue weighted by Gasteiger charge is -2.08. The average Bonchev–Trinajstić information content (AvgIpc) is 2.82. The van der Waals surface area contributed by atoms with Crippen molar-refractivity contribution in [1.82, 2.24) is 0 Å². The van der Waals surface area contributed by atoms with Crippen molar-refractivity contribution < 1.29 is 13.9 Å². The Morgan fingerprint density at radius 1 is 1.33 bits per heavy atom. The Morgan fingerprint density at radius 2 is 2.11 bits per heavy atom. The summed E-state index contributed by atoms with van der Waals surface area (Å²) in [5, 5.41) is 10.0. The van der Waals surface area contributed by atoms with Crippen LogP contribution >= 0.6 is 15.9 Å². The maximum Gasteiger partial charge on any atom is 0.137 e. The average molecular weight is 313 g/mol. The number of benzene rings is 1. The van der Waals surface area contributed by atoms with Crippen molar-refractivity contribution in [3.63, 3.8) is 0 Å². The minimum atomic E-state index is -0.706. The topological polar surface area (TPSA) is 33.4 Å². The molecule has 0 saturated carbocycles. The highest BCUT2D eigenvalue weighted by Gasteiger charge is 2.13. The minimum Gasteiger partial charge on any atom is -0.463 e. The molecule has 1 aromatic heterocycles. The Bertz CT molecular complexity index is 536. The number of aryl methyl sites for hydroxylation is 1. The van der Waals surface area contributed by atoms with E-state index in [9.17, 15) is 9.50 Å². The van der Waals surface area contributed by atoms with E-state index in [4.69, 9.17) is 4.42 Å². The molecular weight excluding hydrogens is 299 g/mol. The van der Waals surface area contributed by atoms with Gasteiger partial charge in [0.1, 0.15) is 23.4 Å². The summed E-state index contributed by atoms with van der Waals surface area (Å²) >= 11 is 3.13. The number of halogens is 2. The van der Waals surface area contributed by atoms with Crippen LogP contribution in [0, 0.1) is 5.82 Å². The molecule has 0 amide bonds. The van der Waals surface area contributed by atoms with Gasteiger partial charge in [-0.15, -0.1) is 0 Å². The molecule has 1 N–H and O–H groups in total. The number of aliphatic hydroxyl groups is 1. The molecule has 0 fully saturated rings. The van der Waals surface area contributed by atoms with Crippen molar-refractivity contribution in [2.24, 2.45) is 0 Å². The van der Waals surface area contributed by atoms with Gasteiger partial charge in [-0.05, 0) is 45.8 Å². The van der Waals surface area contributed by atoms with E-state index in [1.807, 2.05) is 13.0 Å². The molecule has 0 aliphatic rings. The second-order valence-corrected chi connectivity index (χ2v) is 4.98. The Kier molecular flexibility index (Phi) is 4.19. The van der Waals surface area contributed by atoms with E-state index < -0.39 is 6.10 Å². The molecule has 1 unspecified atom stereocenters. The lowest BCUT2D eigenvalue weighted by atomic mass is 10.1. The first-order valence-corrected chi connectivity index (χ1v) is 6.60. The van der Waals surface area contributed by atoms with Crippen LogP contribution in [-0.2, 0) is 12.8 Å². The highest BCUT2D eigenvalue weighted by molar-refractivity contribution is 9.10. The molecular formula is C14H14BrFO2. The van der Waals surface area contributed by atoms with Crippen LogP contribution in [-0.4, -0.2) is 5.11 Å². The van der Waals surface area contributed by atoms with Crippen LogP contribution in [0.3, 0.4) is 0 Å². The van der Waals surface area contributed by atoms with Gasteiger partial charge >= 0.3 is 0 Å². The zero-order valence-corrected chi connectivity index (χ0v) is 11.6. The van der Waals surface area contributed by atoms with Crippen LogP contribution in [0.2, 0.25) is 0 Å². The molecule has 2 aromatic rings. The molecule has 0 aliphatic carbocycles. The third-order valence-electron chi connectivity index (χ3n) is 2.77. The lowest BCUT2D eigenvalue weighted by Crippen LogP contribution is -2.00. The van der Waals surface area contributed by atoms with Crippen molar-refractivity contribution in [1.29, 1.82) is 0 Å². The first-order valence-electron chi connectivity index (χ1n) is 5.80. The van der Waals surface area contributed by atoms with Crippen molar-refractivity contribution in [2.75, 3.05) is 0 Å². The van der Waals surface area contributed by atoms with E-state index in [1.54, 1.807) is 18.2 Å². The SMILES string of the molecule is CCc1ccc(C(O)Cc2ccc(F)c(Br)c2)o1. The molecule has 0 saturated heterocycles. The van der Waals surface area contributed by atoms with Gasteiger partial charge in [0.15, 0.2) is 0 Å². The molecule has 2 rings (SSSR count). The molecule has 1 heterocycles. The van der Waals surface area contributed by atoms with Crippen LogP contribution in [0.4, 0.5) is 4.39 Å². The fraction of sp³-hybridized carbons (Fsp3) is 0.286. The maximum atomic E-state index is 13.1. The van der Waals surface area contributed by atoms with Crippen molar-refractivity contribution in [3.05, 3.63) is 57.7 Å². The summed E-state index contributed by atoms with van der Waals surface area (Å²) < 4.78 is 19.0. The molecule has 0 aliphatic heterocycles. The monoisotopic (exact) mass is 312 g/mol. The Hall–Kier alpha value is -1.13. The third-order valence-corrected chi connectivity index (χ3v) is 3.38. The van der Waals surface area contributed by atoms with Crippen molar-refractivity contribution in [2.45, 2.75) is 25.9 Å². The number of hydrogen-bond donors (Lipinski definition) is 1. The van der Waals surface area contributed by atoms with E-state index in [1.165, 1.54) is 6.07 Å². The van der Waals surface area contributed by atoms with Crippen molar-refractivity contribution in [3.8, 4) is 0 Å². The van der Waals surface area contributed by atoms with Gasteiger partial charge in [-0.25, -0.2) is 4.39 Å². The molecule has 4 heteroatoms. The van der Waals surface area contributed by atoms with Crippen LogP contribution in [0.25, 0.3) is 0 Å².